The van der Waals surface area contributed by atoms with Gasteiger partial charge in [-0.3, -0.25) is 4.90 Å². The molecule has 0 atom stereocenters. The Morgan fingerprint density at radius 3 is 2.67 bits per heavy atom. The maximum absolute atomic E-state index is 11.2. The second-order valence-corrected chi connectivity index (χ2v) is 3.98. The molecular weight excluding hydrogens is 216 g/mol. The fraction of sp³-hybridized carbons (Fsp3) is 0.300. The number of aromatic hydroxyl groups is 1. The highest BCUT2D eigenvalue weighted by Gasteiger charge is 2.33. The molecule has 3 N–H and O–H groups in total. The van der Waals surface area contributed by atoms with Gasteiger partial charge in [0.05, 0.1) is 10.7 Å². The summed E-state index contributed by atoms with van der Waals surface area (Å²) in [5, 5.41) is 9.53. The minimum absolute atomic E-state index is 0.0731. The van der Waals surface area contributed by atoms with E-state index in [9.17, 15) is 9.90 Å². The summed E-state index contributed by atoms with van der Waals surface area (Å²) in [6.45, 7) is 0. The van der Waals surface area contributed by atoms with Gasteiger partial charge < -0.3 is 10.8 Å². The summed E-state index contributed by atoms with van der Waals surface area (Å²) in [4.78, 5) is 12.7. The summed E-state index contributed by atoms with van der Waals surface area (Å²) in [6, 6.07) is 4.13. The predicted octanol–water partition coefficient (Wildman–Crippen LogP) is 2.09. The summed E-state index contributed by atoms with van der Waals surface area (Å²) < 4.78 is 0. The third-order valence-electron chi connectivity index (χ3n) is 2.34. The van der Waals surface area contributed by atoms with E-state index >= 15 is 0 Å². The van der Waals surface area contributed by atoms with Gasteiger partial charge in [-0.2, -0.15) is 0 Å². The number of amides is 2. The van der Waals surface area contributed by atoms with Crippen molar-refractivity contribution in [3.8, 4) is 5.75 Å². The fourth-order valence-electron chi connectivity index (χ4n) is 1.52. The molecule has 5 heteroatoms. The van der Waals surface area contributed by atoms with Crippen LogP contribution in [0, 0.1) is 0 Å². The van der Waals surface area contributed by atoms with Gasteiger partial charge in [-0.25, -0.2) is 4.79 Å². The van der Waals surface area contributed by atoms with Crippen LogP contribution in [0.2, 0.25) is 5.02 Å². The number of rotatable bonds is 2. The van der Waals surface area contributed by atoms with Crippen LogP contribution in [0.25, 0.3) is 0 Å². The van der Waals surface area contributed by atoms with E-state index in [4.69, 9.17) is 17.3 Å². The summed E-state index contributed by atoms with van der Waals surface area (Å²) in [6.07, 6.45) is 1.89. The molecule has 1 fully saturated rings. The molecule has 0 aliphatic heterocycles. The number of primary amides is 1. The van der Waals surface area contributed by atoms with Crippen LogP contribution in [0.3, 0.4) is 0 Å². The number of halogens is 1. The highest BCUT2D eigenvalue weighted by Crippen LogP contribution is 2.36. The highest BCUT2D eigenvalue weighted by atomic mass is 35.5. The average Bonchev–Trinajstić information content (AvgIpc) is 2.92. The zero-order valence-corrected chi connectivity index (χ0v) is 8.74. The lowest BCUT2D eigenvalue weighted by Gasteiger charge is -2.21. The Morgan fingerprint density at radius 1 is 1.53 bits per heavy atom. The van der Waals surface area contributed by atoms with Crippen LogP contribution in [0.15, 0.2) is 18.2 Å². The van der Waals surface area contributed by atoms with Crippen LogP contribution in [0.1, 0.15) is 12.8 Å². The molecule has 2 rings (SSSR count). The number of nitrogens with two attached hydrogens (primary N) is 1. The maximum Gasteiger partial charge on any atom is 0.319 e. The van der Waals surface area contributed by atoms with Crippen molar-refractivity contribution < 1.29 is 9.90 Å². The monoisotopic (exact) mass is 226 g/mol. The predicted molar refractivity (Wildman–Crippen MR) is 58.2 cm³/mol. The van der Waals surface area contributed by atoms with Crippen LogP contribution in [-0.2, 0) is 0 Å². The Hall–Kier alpha value is -1.42. The van der Waals surface area contributed by atoms with Crippen LogP contribution >= 0.6 is 11.6 Å². The number of nitrogens with zero attached hydrogens (tertiary/aromatic N) is 1. The Bertz CT molecular complexity index is 404. The number of phenols is 1. The van der Waals surface area contributed by atoms with E-state index < -0.39 is 6.03 Å². The molecule has 0 heterocycles. The second kappa shape index (κ2) is 3.62. The minimum atomic E-state index is -0.509. The van der Waals surface area contributed by atoms with Gasteiger partial charge in [-0.05, 0) is 25.0 Å². The molecule has 0 bridgehead atoms. The van der Waals surface area contributed by atoms with E-state index in [1.54, 1.807) is 6.07 Å². The summed E-state index contributed by atoms with van der Waals surface area (Å²) in [5.74, 6) is 0.0731. The average molecular weight is 227 g/mol. The molecule has 1 aromatic carbocycles. The molecule has 1 saturated carbocycles. The van der Waals surface area contributed by atoms with Gasteiger partial charge in [-0.1, -0.05) is 11.6 Å². The molecule has 4 nitrogen and oxygen atoms in total. The first-order chi connectivity index (χ1) is 7.09. The van der Waals surface area contributed by atoms with Gasteiger partial charge in [0.25, 0.3) is 0 Å². The number of carbonyl (C=O) groups is 1. The molecular formula is C10H11ClN2O2. The van der Waals surface area contributed by atoms with Gasteiger partial charge in [-0.15, -0.1) is 0 Å². The topological polar surface area (TPSA) is 66.6 Å². The molecule has 1 aliphatic carbocycles. The minimum Gasteiger partial charge on any atom is -0.508 e. The van der Waals surface area contributed by atoms with E-state index in [-0.39, 0.29) is 11.8 Å². The molecule has 1 aromatic rings. The van der Waals surface area contributed by atoms with Crippen molar-refractivity contribution in [1.29, 1.82) is 0 Å². The maximum atomic E-state index is 11.2. The SMILES string of the molecule is NC(=O)N(c1ccc(O)cc1Cl)C1CC1. The van der Waals surface area contributed by atoms with Crippen LogP contribution in [-0.4, -0.2) is 17.2 Å². The van der Waals surface area contributed by atoms with E-state index in [0.29, 0.717) is 10.7 Å². The lowest BCUT2D eigenvalue weighted by Crippen LogP contribution is -2.37. The third kappa shape index (κ3) is 1.99. The smallest absolute Gasteiger partial charge is 0.319 e. The van der Waals surface area contributed by atoms with Gasteiger partial charge in [0.2, 0.25) is 0 Å². The van der Waals surface area contributed by atoms with Crippen LogP contribution in [0.5, 0.6) is 5.75 Å². The van der Waals surface area contributed by atoms with Crippen molar-refractivity contribution in [2.24, 2.45) is 5.73 Å². The molecule has 80 valence electrons. The molecule has 0 saturated heterocycles. The zero-order chi connectivity index (χ0) is 11.0. The Balaban J connectivity index is 2.37. The van der Waals surface area contributed by atoms with Crippen LogP contribution < -0.4 is 10.6 Å². The molecule has 0 radical (unpaired) electrons. The summed E-state index contributed by atoms with van der Waals surface area (Å²) in [7, 11) is 0. The van der Waals surface area contributed by atoms with Gasteiger partial charge in [0, 0.05) is 12.1 Å². The zero-order valence-electron chi connectivity index (χ0n) is 7.98. The highest BCUT2D eigenvalue weighted by molar-refractivity contribution is 6.34. The van der Waals surface area contributed by atoms with Crippen molar-refractivity contribution in [3.05, 3.63) is 23.2 Å². The first-order valence-corrected chi connectivity index (χ1v) is 5.04. The molecule has 15 heavy (non-hydrogen) atoms. The fourth-order valence-corrected chi connectivity index (χ4v) is 1.79. The van der Waals surface area contributed by atoms with E-state index in [1.807, 2.05) is 0 Å². The lowest BCUT2D eigenvalue weighted by atomic mass is 10.2. The van der Waals surface area contributed by atoms with Crippen molar-refractivity contribution in [2.75, 3.05) is 4.90 Å². The molecule has 2 amide bonds. The lowest BCUT2D eigenvalue weighted by molar-refractivity contribution is 0.253. The number of anilines is 1. The standard InChI is InChI=1S/C10H11ClN2O2/c11-8-5-7(14)3-4-9(8)13(10(12)15)6-1-2-6/h3-6,14H,1-2H2,(H2,12,15). The first-order valence-electron chi connectivity index (χ1n) is 4.67. The first kappa shape index (κ1) is 10.1. The number of benzene rings is 1. The van der Waals surface area contributed by atoms with Crippen LogP contribution in [0.4, 0.5) is 10.5 Å². The Labute approximate surface area is 92.2 Å². The van der Waals surface area contributed by atoms with E-state index in [1.165, 1.54) is 17.0 Å². The van der Waals surface area contributed by atoms with E-state index in [2.05, 4.69) is 0 Å². The number of hydrogen-bond donors (Lipinski definition) is 2. The number of carbonyl (C=O) groups excluding carboxylic acids is 1. The molecule has 1 aliphatic rings. The van der Waals surface area contributed by atoms with Crippen molar-refractivity contribution in [2.45, 2.75) is 18.9 Å². The van der Waals surface area contributed by atoms with E-state index in [0.717, 1.165) is 12.8 Å². The number of hydrogen-bond acceptors (Lipinski definition) is 2. The second-order valence-electron chi connectivity index (χ2n) is 3.58. The number of phenolic OH excluding ortho intramolecular Hbond substituents is 1. The quantitative estimate of drug-likeness (QED) is 0.811. The Kier molecular flexibility index (Phi) is 2.44. The molecule has 0 spiro atoms. The Morgan fingerprint density at radius 2 is 2.20 bits per heavy atom. The third-order valence-corrected chi connectivity index (χ3v) is 2.64. The van der Waals surface area contributed by atoms with Crippen molar-refractivity contribution in [1.82, 2.24) is 0 Å². The number of urea groups is 1. The van der Waals surface area contributed by atoms with Gasteiger partial charge in [0.15, 0.2) is 0 Å². The van der Waals surface area contributed by atoms with Crippen molar-refractivity contribution in [3.63, 3.8) is 0 Å². The van der Waals surface area contributed by atoms with Gasteiger partial charge >= 0.3 is 6.03 Å². The molecule has 0 aromatic heterocycles. The largest absolute Gasteiger partial charge is 0.508 e. The summed E-state index contributed by atoms with van der Waals surface area (Å²) in [5.41, 5.74) is 5.84. The molecule has 0 unspecified atom stereocenters. The summed E-state index contributed by atoms with van der Waals surface area (Å²) >= 11 is 5.93. The van der Waals surface area contributed by atoms with Crippen molar-refractivity contribution >= 4 is 23.3 Å². The van der Waals surface area contributed by atoms with Gasteiger partial charge in [0.1, 0.15) is 5.75 Å². The normalized spacial score (nSPS) is 15.0.